The van der Waals surface area contributed by atoms with Crippen molar-refractivity contribution in [3.05, 3.63) is 59.4 Å². The largest absolute Gasteiger partial charge is 0.483 e. The van der Waals surface area contributed by atoms with Gasteiger partial charge in [-0.25, -0.2) is 15.0 Å². The first-order valence-corrected chi connectivity index (χ1v) is 10.1. The van der Waals surface area contributed by atoms with Gasteiger partial charge in [-0.1, -0.05) is 6.92 Å². The number of nitrogens with zero attached hydrogens (tertiary/aromatic N) is 4. The van der Waals surface area contributed by atoms with Crippen molar-refractivity contribution in [3.63, 3.8) is 0 Å². The zero-order valence-electron chi connectivity index (χ0n) is 17.8. The predicted molar refractivity (Wildman–Crippen MR) is 117 cm³/mol. The molecule has 4 aromatic rings. The molecule has 0 saturated heterocycles. The second-order valence-electron chi connectivity index (χ2n) is 7.26. The fraction of sp³-hybridized carbons (Fsp3) is 0.318. The molecule has 9 nitrogen and oxygen atoms in total. The number of imidazole rings is 2. The summed E-state index contributed by atoms with van der Waals surface area (Å²) in [5, 5.41) is 9.97. The number of carbonyl (C=O) groups excluding carboxylic acids is 1. The van der Waals surface area contributed by atoms with Crippen LogP contribution in [0.5, 0.6) is 0 Å². The van der Waals surface area contributed by atoms with Gasteiger partial charge < -0.3 is 15.4 Å². The molecule has 0 bridgehead atoms. The van der Waals surface area contributed by atoms with Gasteiger partial charge in [0, 0.05) is 31.4 Å². The fourth-order valence-corrected chi connectivity index (χ4v) is 3.34. The van der Waals surface area contributed by atoms with E-state index in [4.69, 9.17) is 9.90 Å². The van der Waals surface area contributed by atoms with Gasteiger partial charge in [-0.15, -0.1) is 0 Å². The first-order valence-electron chi connectivity index (χ1n) is 10.1. The van der Waals surface area contributed by atoms with Gasteiger partial charge in [0.1, 0.15) is 5.82 Å². The van der Waals surface area contributed by atoms with Gasteiger partial charge >= 0.3 is 0 Å². The number of H-pyrrole nitrogens is 1. The molecule has 3 aromatic heterocycles. The molecule has 0 aliphatic rings. The number of carboxylic acid groups (broad SMARTS) is 1. The number of hydrogen-bond acceptors (Lipinski definition) is 5. The lowest BCUT2D eigenvalue weighted by Gasteiger charge is -2.14. The van der Waals surface area contributed by atoms with Crippen LogP contribution in [-0.4, -0.2) is 41.8 Å². The summed E-state index contributed by atoms with van der Waals surface area (Å²) in [5.41, 5.74) is 5.23. The van der Waals surface area contributed by atoms with Gasteiger partial charge in [-0.3, -0.25) is 14.0 Å². The van der Waals surface area contributed by atoms with Crippen LogP contribution in [0.3, 0.4) is 0 Å². The molecule has 0 aliphatic heterocycles. The Morgan fingerprint density at radius 2 is 2.03 bits per heavy atom. The molecule has 0 spiro atoms. The molecule has 0 fully saturated rings. The van der Waals surface area contributed by atoms with E-state index in [2.05, 4.69) is 51.2 Å². The molecule has 9 heteroatoms. The zero-order valence-corrected chi connectivity index (χ0v) is 17.8. The van der Waals surface area contributed by atoms with Crippen molar-refractivity contribution in [2.75, 3.05) is 0 Å². The zero-order chi connectivity index (χ0) is 22.4. The Morgan fingerprint density at radius 1 is 1.29 bits per heavy atom. The normalized spacial score (nSPS) is 11.7. The SMILES string of the molecule is CCC(NC(=O)CCc1nc2cc(C)c(C)cc2[nH]1)c1cn2cccnc2n1.O=CO. The molecule has 3 heterocycles. The van der Waals surface area contributed by atoms with Gasteiger partial charge in [0.15, 0.2) is 0 Å². The number of hydrogen-bond donors (Lipinski definition) is 3. The number of aromatic amines is 1. The Labute approximate surface area is 179 Å². The van der Waals surface area contributed by atoms with E-state index in [9.17, 15) is 4.79 Å². The standard InChI is InChI=1S/C21H24N6O.CH2O2/c1-4-15(18-12-27-9-5-8-22-21(27)26-18)25-20(28)7-6-19-23-16-10-13(2)14(3)11-17(16)24-19;2-1-3/h5,8-12,15H,4,6-7H2,1-3H3,(H,23,24)(H,25,28);1H,(H,2,3). The second-order valence-corrected chi connectivity index (χ2v) is 7.26. The number of carbonyl (C=O) groups is 2. The number of aryl methyl sites for hydroxylation is 3. The van der Waals surface area contributed by atoms with Crippen molar-refractivity contribution in [1.82, 2.24) is 29.7 Å². The van der Waals surface area contributed by atoms with E-state index < -0.39 is 0 Å². The number of aromatic nitrogens is 5. The quantitative estimate of drug-likeness (QED) is 0.410. The van der Waals surface area contributed by atoms with Gasteiger partial charge in [0.05, 0.1) is 22.8 Å². The van der Waals surface area contributed by atoms with Gasteiger partial charge in [0.2, 0.25) is 11.7 Å². The number of fused-ring (bicyclic) bond motifs is 2. The molecule has 1 aromatic carbocycles. The van der Waals surface area contributed by atoms with E-state index in [0.717, 1.165) is 29.0 Å². The van der Waals surface area contributed by atoms with Crippen molar-refractivity contribution in [2.24, 2.45) is 0 Å². The number of amides is 1. The van der Waals surface area contributed by atoms with Gasteiger partial charge in [-0.2, -0.15) is 0 Å². The molecule has 1 atom stereocenters. The highest BCUT2D eigenvalue weighted by Gasteiger charge is 2.17. The number of benzene rings is 1. The smallest absolute Gasteiger partial charge is 0.290 e. The van der Waals surface area contributed by atoms with Crippen LogP contribution < -0.4 is 5.32 Å². The third-order valence-electron chi connectivity index (χ3n) is 5.09. The van der Waals surface area contributed by atoms with Crippen molar-refractivity contribution in [2.45, 2.75) is 46.1 Å². The van der Waals surface area contributed by atoms with Crippen LogP contribution in [0.2, 0.25) is 0 Å². The van der Waals surface area contributed by atoms with E-state index in [1.54, 1.807) is 6.20 Å². The second kappa shape index (κ2) is 9.84. The Hall–Kier alpha value is -3.75. The lowest BCUT2D eigenvalue weighted by Crippen LogP contribution is -2.28. The molecular formula is C22H26N6O3. The monoisotopic (exact) mass is 422 g/mol. The summed E-state index contributed by atoms with van der Waals surface area (Å²) < 4.78 is 1.86. The number of nitrogens with one attached hydrogen (secondary N) is 2. The fourth-order valence-electron chi connectivity index (χ4n) is 3.34. The maximum absolute atomic E-state index is 12.5. The highest BCUT2D eigenvalue weighted by Crippen LogP contribution is 2.19. The minimum absolute atomic E-state index is 0.00955. The number of rotatable bonds is 6. The van der Waals surface area contributed by atoms with Crippen LogP contribution in [0.15, 0.2) is 36.8 Å². The average molecular weight is 422 g/mol. The van der Waals surface area contributed by atoms with Crippen LogP contribution in [0.25, 0.3) is 16.8 Å². The highest BCUT2D eigenvalue weighted by atomic mass is 16.3. The van der Waals surface area contributed by atoms with Gasteiger partial charge in [0.25, 0.3) is 6.47 Å². The summed E-state index contributed by atoms with van der Waals surface area (Å²) in [5.74, 6) is 1.46. The highest BCUT2D eigenvalue weighted by molar-refractivity contribution is 5.78. The summed E-state index contributed by atoms with van der Waals surface area (Å²) in [7, 11) is 0. The summed E-state index contributed by atoms with van der Waals surface area (Å²) in [6.45, 7) is 5.95. The third kappa shape index (κ3) is 5.25. The topological polar surface area (TPSA) is 125 Å². The van der Waals surface area contributed by atoms with Crippen LogP contribution in [0.1, 0.15) is 48.5 Å². The van der Waals surface area contributed by atoms with E-state index in [1.807, 2.05) is 29.8 Å². The molecule has 162 valence electrons. The Bertz CT molecular complexity index is 1120. The predicted octanol–water partition coefficient (Wildman–Crippen LogP) is 3.12. The molecule has 0 saturated carbocycles. The van der Waals surface area contributed by atoms with Crippen molar-refractivity contribution >= 4 is 29.2 Å². The average Bonchev–Trinajstić information content (AvgIpc) is 3.35. The molecule has 1 amide bonds. The van der Waals surface area contributed by atoms with E-state index in [-0.39, 0.29) is 18.4 Å². The summed E-state index contributed by atoms with van der Waals surface area (Å²) in [6.07, 6.45) is 7.24. The molecule has 4 rings (SSSR count). The Morgan fingerprint density at radius 3 is 2.74 bits per heavy atom. The van der Waals surface area contributed by atoms with Crippen LogP contribution in [0, 0.1) is 13.8 Å². The summed E-state index contributed by atoms with van der Waals surface area (Å²) in [4.78, 5) is 37.5. The van der Waals surface area contributed by atoms with Crippen molar-refractivity contribution in [1.29, 1.82) is 0 Å². The van der Waals surface area contributed by atoms with Crippen molar-refractivity contribution in [3.8, 4) is 0 Å². The van der Waals surface area contributed by atoms with E-state index >= 15 is 0 Å². The molecule has 1 unspecified atom stereocenters. The third-order valence-corrected chi connectivity index (χ3v) is 5.09. The minimum Gasteiger partial charge on any atom is -0.483 e. The molecule has 31 heavy (non-hydrogen) atoms. The molecular weight excluding hydrogens is 396 g/mol. The first kappa shape index (κ1) is 21.9. The maximum Gasteiger partial charge on any atom is 0.290 e. The minimum atomic E-state index is -0.250. The Kier molecular flexibility index (Phi) is 6.96. The van der Waals surface area contributed by atoms with Crippen LogP contribution in [-0.2, 0) is 16.0 Å². The first-order chi connectivity index (χ1) is 14.9. The van der Waals surface area contributed by atoms with Crippen LogP contribution >= 0.6 is 0 Å². The molecule has 0 aliphatic carbocycles. The maximum atomic E-state index is 12.5. The molecule has 3 N–H and O–H groups in total. The lowest BCUT2D eigenvalue weighted by molar-refractivity contribution is -0.123. The molecule has 0 radical (unpaired) electrons. The van der Waals surface area contributed by atoms with Crippen LogP contribution in [0.4, 0.5) is 0 Å². The van der Waals surface area contributed by atoms with Crippen molar-refractivity contribution < 1.29 is 14.7 Å². The van der Waals surface area contributed by atoms with Gasteiger partial charge in [-0.05, 0) is 49.6 Å². The van der Waals surface area contributed by atoms with E-state index in [0.29, 0.717) is 18.6 Å². The summed E-state index contributed by atoms with van der Waals surface area (Å²) >= 11 is 0. The van der Waals surface area contributed by atoms with E-state index in [1.165, 1.54) is 11.1 Å². The Balaban J connectivity index is 0.000000858. The summed E-state index contributed by atoms with van der Waals surface area (Å²) in [6, 6.07) is 5.91. The lowest BCUT2D eigenvalue weighted by atomic mass is 10.1.